The molecular formula is C15H19N3O4. The van der Waals surface area contributed by atoms with E-state index in [4.69, 9.17) is 0 Å². The molecule has 0 saturated carbocycles. The number of aryl methyl sites for hydroxylation is 1. The van der Waals surface area contributed by atoms with Gasteiger partial charge in [-0.05, 0) is 38.5 Å². The molecule has 0 bridgehead atoms. The molecule has 7 nitrogen and oxygen atoms in total. The van der Waals surface area contributed by atoms with Crippen LogP contribution in [0.5, 0.6) is 0 Å². The van der Waals surface area contributed by atoms with Gasteiger partial charge in [0.1, 0.15) is 12.2 Å². The lowest BCUT2D eigenvalue weighted by Gasteiger charge is -2.09. The average molecular weight is 305 g/mol. The van der Waals surface area contributed by atoms with Gasteiger partial charge in [0.2, 0.25) is 0 Å². The van der Waals surface area contributed by atoms with Crippen molar-refractivity contribution in [2.45, 2.75) is 27.3 Å². The topological polar surface area (TPSA) is 80.6 Å². The largest absolute Gasteiger partial charge is 0.468 e. The molecule has 0 aliphatic carbocycles. The first-order chi connectivity index (χ1) is 10.4. The number of rotatable bonds is 4. The molecule has 0 spiro atoms. The number of carbonyl (C=O) groups is 3. The highest BCUT2D eigenvalue weighted by Gasteiger charge is 2.35. The molecule has 0 radical (unpaired) electrons. The third kappa shape index (κ3) is 2.74. The number of aromatic nitrogens is 1. The van der Waals surface area contributed by atoms with Gasteiger partial charge in [-0.2, -0.15) is 0 Å². The van der Waals surface area contributed by atoms with Crippen molar-refractivity contribution in [1.82, 2.24) is 14.8 Å². The summed E-state index contributed by atoms with van der Waals surface area (Å²) in [6.07, 6.45) is 1.63. The Morgan fingerprint density at radius 2 is 2.05 bits per heavy atom. The second kappa shape index (κ2) is 6.05. The fourth-order valence-electron chi connectivity index (χ4n) is 2.52. The van der Waals surface area contributed by atoms with E-state index < -0.39 is 24.5 Å². The van der Waals surface area contributed by atoms with Gasteiger partial charge < -0.3 is 14.6 Å². The Balaban J connectivity index is 2.29. The van der Waals surface area contributed by atoms with Gasteiger partial charge in [0.05, 0.1) is 7.11 Å². The van der Waals surface area contributed by atoms with E-state index in [1.807, 2.05) is 26.8 Å². The summed E-state index contributed by atoms with van der Waals surface area (Å²) in [6, 6.07) is 1.33. The van der Waals surface area contributed by atoms with Crippen LogP contribution in [0.2, 0.25) is 0 Å². The molecule has 1 N–H and O–H groups in total. The van der Waals surface area contributed by atoms with E-state index >= 15 is 0 Å². The maximum absolute atomic E-state index is 12.2. The van der Waals surface area contributed by atoms with Crippen LogP contribution in [-0.2, 0) is 20.9 Å². The normalized spacial score (nSPS) is 16.4. The highest BCUT2D eigenvalue weighted by Crippen LogP contribution is 2.20. The highest BCUT2D eigenvalue weighted by atomic mass is 16.5. The number of urea groups is 1. The minimum atomic E-state index is -0.645. The number of methoxy groups -OCH3 is 1. The molecule has 3 amide bonds. The minimum Gasteiger partial charge on any atom is -0.468 e. The van der Waals surface area contributed by atoms with Crippen molar-refractivity contribution in [3.8, 4) is 0 Å². The summed E-state index contributed by atoms with van der Waals surface area (Å²) in [5, 5.41) is 2.49. The zero-order chi connectivity index (χ0) is 16.4. The van der Waals surface area contributed by atoms with Gasteiger partial charge in [-0.1, -0.05) is 0 Å². The third-order valence-electron chi connectivity index (χ3n) is 3.71. The Morgan fingerprint density at radius 1 is 1.36 bits per heavy atom. The Labute approximate surface area is 128 Å². The van der Waals surface area contributed by atoms with Gasteiger partial charge in [0.25, 0.3) is 5.91 Å². The summed E-state index contributed by atoms with van der Waals surface area (Å²) in [6.45, 7) is 6.41. The molecular weight excluding hydrogens is 286 g/mol. The van der Waals surface area contributed by atoms with Gasteiger partial charge in [0, 0.05) is 17.9 Å². The lowest BCUT2D eigenvalue weighted by atomic mass is 10.2. The van der Waals surface area contributed by atoms with E-state index in [2.05, 4.69) is 14.6 Å². The molecule has 1 fully saturated rings. The van der Waals surface area contributed by atoms with Crippen LogP contribution < -0.4 is 5.32 Å². The second-order valence-electron chi connectivity index (χ2n) is 5.03. The highest BCUT2D eigenvalue weighted by molar-refractivity contribution is 6.15. The molecule has 1 aliphatic heterocycles. The van der Waals surface area contributed by atoms with E-state index in [0.29, 0.717) is 0 Å². The van der Waals surface area contributed by atoms with Crippen LogP contribution in [0.3, 0.4) is 0 Å². The summed E-state index contributed by atoms with van der Waals surface area (Å²) in [7, 11) is 1.21. The predicted molar refractivity (Wildman–Crippen MR) is 79.8 cm³/mol. The number of esters is 1. The lowest BCUT2D eigenvalue weighted by Crippen LogP contribution is -2.36. The SMILES string of the molecule is CCn1c(C)cc(/C=C2/NC(=O)N(CC(=O)OC)C2=O)c1C. The maximum Gasteiger partial charge on any atom is 0.329 e. The van der Waals surface area contributed by atoms with E-state index in [1.54, 1.807) is 6.08 Å². The summed E-state index contributed by atoms with van der Waals surface area (Å²) in [4.78, 5) is 36.1. The van der Waals surface area contributed by atoms with E-state index in [9.17, 15) is 14.4 Å². The molecule has 0 atom stereocenters. The number of imide groups is 1. The lowest BCUT2D eigenvalue weighted by molar-refractivity contribution is -0.143. The number of carbonyl (C=O) groups excluding carboxylic acids is 3. The molecule has 1 saturated heterocycles. The number of amides is 3. The molecule has 1 aromatic rings. The number of hydrogen-bond acceptors (Lipinski definition) is 4. The first kappa shape index (κ1) is 15.8. The average Bonchev–Trinajstić information content (AvgIpc) is 2.89. The Hall–Kier alpha value is -2.57. The number of nitrogens with zero attached hydrogens (tertiary/aromatic N) is 2. The first-order valence-corrected chi connectivity index (χ1v) is 6.97. The van der Waals surface area contributed by atoms with Crippen LogP contribution in [-0.4, -0.2) is 41.0 Å². The predicted octanol–water partition coefficient (Wildman–Crippen LogP) is 1.19. The van der Waals surface area contributed by atoms with E-state index in [1.165, 1.54) is 7.11 Å². The Morgan fingerprint density at radius 3 is 2.59 bits per heavy atom. The van der Waals surface area contributed by atoms with Crippen molar-refractivity contribution in [3.63, 3.8) is 0 Å². The Kier molecular flexibility index (Phi) is 4.35. The standard InChI is InChI=1S/C15H19N3O4/c1-5-17-9(2)6-11(10(17)3)7-12-14(20)18(15(21)16-12)8-13(19)22-4/h6-7H,5,8H2,1-4H3,(H,16,21)/b12-7+. The monoisotopic (exact) mass is 305 g/mol. The number of hydrogen-bond donors (Lipinski definition) is 1. The molecule has 2 heterocycles. The molecule has 0 unspecified atom stereocenters. The molecule has 7 heteroatoms. The molecule has 1 aliphatic rings. The number of ether oxygens (including phenoxy) is 1. The van der Waals surface area contributed by atoms with Crippen LogP contribution in [0.1, 0.15) is 23.9 Å². The summed E-state index contributed by atoms with van der Waals surface area (Å²) >= 11 is 0. The van der Waals surface area contributed by atoms with Crippen LogP contribution in [0.25, 0.3) is 6.08 Å². The van der Waals surface area contributed by atoms with Crippen molar-refractivity contribution in [3.05, 3.63) is 28.7 Å². The number of nitrogens with one attached hydrogen (secondary N) is 1. The molecule has 118 valence electrons. The zero-order valence-corrected chi connectivity index (χ0v) is 13.1. The molecule has 2 rings (SSSR count). The fraction of sp³-hybridized carbons (Fsp3) is 0.400. The first-order valence-electron chi connectivity index (χ1n) is 6.97. The smallest absolute Gasteiger partial charge is 0.329 e. The third-order valence-corrected chi connectivity index (χ3v) is 3.71. The quantitative estimate of drug-likeness (QED) is 0.515. The van der Waals surface area contributed by atoms with Crippen molar-refractivity contribution in [2.75, 3.05) is 13.7 Å². The van der Waals surface area contributed by atoms with Gasteiger partial charge in [-0.15, -0.1) is 0 Å². The second-order valence-corrected chi connectivity index (χ2v) is 5.03. The summed E-state index contributed by atoms with van der Waals surface area (Å²) in [5.41, 5.74) is 3.11. The van der Waals surface area contributed by atoms with E-state index in [-0.39, 0.29) is 5.70 Å². The van der Waals surface area contributed by atoms with Gasteiger partial charge >= 0.3 is 12.0 Å². The molecule has 1 aromatic heterocycles. The van der Waals surface area contributed by atoms with E-state index in [0.717, 1.165) is 28.4 Å². The maximum atomic E-state index is 12.2. The minimum absolute atomic E-state index is 0.158. The van der Waals surface area contributed by atoms with Crippen molar-refractivity contribution in [2.24, 2.45) is 0 Å². The molecule has 22 heavy (non-hydrogen) atoms. The Bertz CT molecular complexity index is 673. The van der Waals surface area contributed by atoms with Gasteiger partial charge in [0.15, 0.2) is 0 Å². The van der Waals surface area contributed by atoms with Crippen molar-refractivity contribution < 1.29 is 19.1 Å². The fourth-order valence-corrected chi connectivity index (χ4v) is 2.52. The van der Waals surface area contributed by atoms with Crippen LogP contribution >= 0.6 is 0 Å². The van der Waals surface area contributed by atoms with Crippen LogP contribution in [0.15, 0.2) is 11.8 Å². The van der Waals surface area contributed by atoms with Crippen molar-refractivity contribution in [1.29, 1.82) is 0 Å². The van der Waals surface area contributed by atoms with Gasteiger partial charge in [-0.3, -0.25) is 9.59 Å². The summed E-state index contributed by atoms with van der Waals surface area (Å²) < 4.78 is 6.59. The van der Waals surface area contributed by atoms with Crippen LogP contribution in [0.4, 0.5) is 4.79 Å². The summed E-state index contributed by atoms with van der Waals surface area (Å²) in [5.74, 6) is -1.18. The van der Waals surface area contributed by atoms with Crippen molar-refractivity contribution >= 4 is 24.0 Å². The van der Waals surface area contributed by atoms with Gasteiger partial charge in [-0.25, -0.2) is 9.69 Å². The zero-order valence-electron chi connectivity index (χ0n) is 13.1. The van der Waals surface area contributed by atoms with Crippen LogP contribution in [0, 0.1) is 13.8 Å². The molecule has 0 aromatic carbocycles.